The van der Waals surface area contributed by atoms with E-state index < -0.39 is 0 Å². The van der Waals surface area contributed by atoms with E-state index in [0.29, 0.717) is 28.6 Å². The Kier molecular flexibility index (Phi) is 3.17. The van der Waals surface area contributed by atoms with E-state index in [-0.39, 0.29) is 5.91 Å². The number of hydrazone groups is 1. The van der Waals surface area contributed by atoms with Crippen molar-refractivity contribution in [2.24, 2.45) is 5.10 Å². The Bertz CT molecular complexity index is 451. The number of carbonyl (C=O) groups is 1. The zero-order chi connectivity index (χ0) is 11.7. The Labute approximate surface area is 104 Å². The van der Waals surface area contributed by atoms with Crippen LogP contribution < -0.4 is 5.01 Å². The molecule has 0 bridgehead atoms. The molecular formula is C11H10Cl2N2O. The van der Waals surface area contributed by atoms with Crippen LogP contribution in [0.1, 0.15) is 19.8 Å². The smallest absolute Gasteiger partial charge is 0.247 e. The van der Waals surface area contributed by atoms with Gasteiger partial charge in [-0.05, 0) is 31.5 Å². The molecule has 0 radical (unpaired) electrons. The fourth-order valence-corrected chi connectivity index (χ4v) is 2.05. The maximum Gasteiger partial charge on any atom is 0.247 e. The average Bonchev–Trinajstić information content (AvgIpc) is 2.20. The monoisotopic (exact) mass is 256 g/mol. The quantitative estimate of drug-likeness (QED) is 0.757. The van der Waals surface area contributed by atoms with Crippen molar-refractivity contribution < 1.29 is 4.79 Å². The highest BCUT2D eigenvalue weighted by Gasteiger charge is 2.20. The highest BCUT2D eigenvalue weighted by Crippen LogP contribution is 2.27. The third kappa shape index (κ3) is 2.36. The lowest BCUT2D eigenvalue weighted by Crippen LogP contribution is -2.30. The third-order valence-corrected chi connectivity index (χ3v) is 2.74. The molecule has 84 valence electrons. The molecule has 1 aliphatic rings. The molecular weight excluding hydrogens is 247 g/mol. The van der Waals surface area contributed by atoms with Crippen molar-refractivity contribution in [3.63, 3.8) is 0 Å². The molecule has 3 nitrogen and oxygen atoms in total. The van der Waals surface area contributed by atoms with E-state index in [0.717, 1.165) is 5.71 Å². The summed E-state index contributed by atoms with van der Waals surface area (Å²) >= 11 is 11.8. The summed E-state index contributed by atoms with van der Waals surface area (Å²) in [6, 6.07) is 4.97. The highest BCUT2D eigenvalue weighted by atomic mass is 35.5. The van der Waals surface area contributed by atoms with Crippen LogP contribution in [0.2, 0.25) is 10.0 Å². The van der Waals surface area contributed by atoms with Gasteiger partial charge in [0.2, 0.25) is 5.91 Å². The van der Waals surface area contributed by atoms with Crippen LogP contribution >= 0.6 is 23.2 Å². The molecule has 1 aliphatic heterocycles. The molecule has 0 aromatic heterocycles. The first-order chi connectivity index (χ1) is 7.56. The Morgan fingerprint density at radius 1 is 1.19 bits per heavy atom. The number of hydrogen-bond donors (Lipinski definition) is 0. The minimum atomic E-state index is -0.0380. The molecule has 0 unspecified atom stereocenters. The molecule has 0 N–H and O–H groups in total. The first-order valence-corrected chi connectivity index (χ1v) is 5.65. The van der Waals surface area contributed by atoms with E-state index in [1.54, 1.807) is 18.2 Å². The van der Waals surface area contributed by atoms with Crippen LogP contribution in [-0.2, 0) is 4.79 Å². The molecule has 1 heterocycles. The van der Waals surface area contributed by atoms with Gasteiger partial charge in [0.1, 0.15) is 0 Å². The van der Waals surface area contributed by atoms with Gasteiger partial charge >= 0.3 is 0 Å². The number of carbonyl (C=O) groups excluding carboxylic acids is 1. The first-order valence-electron chi connectivity index (χ1n) is 4.89. The van der Waals surface area contributed by atoms with Crippen LogP contribution in [0.25, 0.3) is 0 Å². The van der Waals surface area contributed by atoms with Crippen molar-refractivity contribution in [2.75, 3.05) is 5.01 Å². The van der Waals surface area contributed by atoms with Crippen LogP contribution in [0.5, 0.6) is 0 Å². The van der Waals surface area contributed by atoms with Gasteiger partial charge in [-0.15, -0.1) is 0 Å². The van der Waals surface area contributed by atoms with Crippen LogP contribution in [0.3, 0.4) is 0 Å². The second-order valence-corrected chi connectivity index (χ2v) is 4.54. The molecule has 16 heavy (non-hydrogen) atoms. The number of benzene rings is 1. The highest BCUT2D eigenvalue weighted by molar-refractivity contribution is 6.35. The third-order valence-electron chi connectivity index (χ3n) is 2.30. The van der Waals surface area contributed by atoms with Gasteiger partial charge in [-0.25, -0.2) is 5.01 Å². The molecule has 2 rings (SSSR count). The van der Waals surface area contributed by atoms with Crippen molar-refractivity contribution in [3.8, 4) is 0 Å². The number of rotatable bonds is 1. The Balaban J connectivity index is 2.42. The molecule has 1 aromatic carbocycles. The Morgan fingerprint density at radius 2 is 1.81 bits per heavy atom. The second-order valence-electron chi connectivity index (χ2n) is 3.67. The molecule has 1 amide bonds. The average molecular weight is 257 g/mol. The molecule has 1 aromatic rings. The predicted octanol–water partition coefficient (Wildman–Crippen LogP) is 3.50. The molecule has 0 spiro atoms. The Morgan fingerprint density at radius 3 is 2.44 bits per heavy atom. The van der Waals surface area contributed by atoms with Crippen LogP contribution in [0.15, 0.2) is 23.3 Å². The van der Waals surface area contributed by atoms with Gasteiger partial charge in [0.25, 0.3) is 0 Å². The number of amides is 1. The minimum absolute atomic E-state index is 0.0380. The van der Waals surface area contributed by atoms with Gasteiger partial charge in [-0.3, -0.25) is 4.79 Å². The zero-order valence-corrected chi connectivity index (χ0v) is 10.2. The maximum atomic E-state index is 11.7. The van der Waals surface area contributed by atoms with Crippen molar-refractivity contribution in [2.45, 2.75) is 19.8 Å². The fraction of sp³-hybridized carbons (Fsp3) is 0.273. The van der Waals surface area contributed by atoms with Crippen molar-refractivity contribution >= 4 is 40.5 Å². The largest absolute Gasteiger partial charge is 0.273 e. The summed E-state index contributed by atoms with van der Waals surface area (Å²) < 4.78 is 0. The van der Waals surface area contributed by atoms with E-state index in [1.807, 2.05) is 6.92 Å². The van der Waals surface area contributed by atoms with Crippen LogP contribution in [-0.4, -0.2) is 11.6 Å². The minimum Gasteiger partial charge on any atom is -0.273 e. The van der Waals surface area contributed by atoms with Gasteiger partial charge in [0, 0.05) is 22.2 Å². The maximum absolute atomic E-state index is 11.7. The van der Waals surface area contributed by atoms with E-state index in [4.69, 9.17) is 23.2 Å². The predicted molar refractivity (Wildman–Crippen MR) is 66.3 cm³/mol. The van der Waals surface area contributed by atoms with Crippen LogP contribution in [0, 0.1) is 0 Å². The summed E-state index contributed by atoms with van der Waals surface area (Å²) in [7, 11) is 0. The molecule has 0 atom stereocenters. The lowest BCUT2D eigenvalue weighted by atomic mass is 10.2. The molecule has 0 fully saturated rings. The van der Waals surface area contributed by atoms with E-state index in [2.05, 4.69) is 5.10 Å². The van der Waals surface area contributed by atoms with Gasteiger partial charge in [-0.1, -0.05) is 23.2 Å². The van der Waals surface area contributed by atoms with Gasteiger partial charge in [0.05, 0.1) is 5.69 Å². The summed E-state index contributed by atoms with van der Waals surface area (Å²) in [5, 5.41) is 6.54. The van der Waals surface area contributed by atoms with Crippen molar-refractivity contribution in [1.29, 1.82) is 0 Å². The standard InChI is InChI=1S/C11H10Cl2N2O/c1-7-2-3-11(16)15(14-7)10-5-8(12)4-9(13)6-10/h4-6H,2-3H2,1H3. The summed E-state index contributed by atoms with van der Waals surface area (Å²) in [5.41, 5.74) is 1.54. The summed E-state index contributed by atoms with van der Waals surface area (Å²) in [4.78, 5) is 11.7. The first kappa shape index (κ1) is 11.4. The molecule has 0 saturated heterocycles. The number of halogens is 2. The SMILES string of the molecule is CC1=NN(c2cc(Cl)cc(Cl)c2)C(=O)CC1. The number of nitrogens with zero attached hydrogens (tertiary/aromatic N) is 2. The van der Waals surface area contributed by atoms with Gasteiger partial charge in [0.15, 0.2) is 0 Å². The number of anilines is 1. The van der Waals surface area contributed by atoms with Gasteiger partial charge < -0.3 is 0 Å². The normalized spacial score (nSPS) is 16.3. The van der Waals surface area contributed by atoms with E-state index in [9.17, 15) is 4.79 Å². The Hall–Kier alpha value is -1.06. The lowest BCUT2D eigenvalue weighted by molar-refractivity contribution is -0.118. The van der Waals surface area contributed by atoms with E-state index in [1.165, 1.54) is 5.01 Å². The van der Waals surface area contributed by atoms with E-state index >= 15 is 0 Å². The number of hydrogen-bond acceptors (Lipinski definition) is 2. The van der Waals surface area contributed by atoms with Crippen LogP contribution in [0.4, 0.5) is 5.69 Å². The summed E-state index contributed by atoms with van der Waals surface area (Å²) in [5.74, 6) is -0.0380. The topological polar surface area (TPSA) is 32.7 Å². The van der Waals surface area contributed by atoms with Crippen molar-refractivity contribution in [3.05, 3.63) is 28.2 Å². The lowest BCUT2D eigenvalue weighted by Gasteiger charge is -2.22. The fourth-order valence-electron chi connectivity index (χ4n) is 1.53. The molecule has 5 heteroatoms. The molecule has 0 saturated carbocycles. The zero-order valence-electron chi connectivity index (χ0n) is 8.70. The molecule has 0 aliphatic carbocycles. The summed E-state index contributed by atoms with van der Waals surface area (Å²) in [6.07, 6.45) is 1.18. The van der Waals surface area contributed by atoms with Gasteiger partial charge in [-0.2, -0.15) is 5.10 Å². The second kappa shape index (κ2) is 4.44. The van der Waals surface area contributed by atoms with Crippen molar-refractivity contribution in [1.82, 2.24) is 0 Å². The summed E-state index contributed by atoms with van der Waals surface area (Å²) in [6.45, 7) is 1.89.